The van der Waals surface area contributed by atoms with E-state index in [4.69, 9.17) is 16.7 Å². The smallest absolute Gasteiger partial charge is 0.304 e. The van der Waals surface area contributed by atoms with E-state index in [1.54, 1.807) is 13.0 Å². The summed E-state index contributed by atoms with van der Waals surface area (Å²) in [5, 5.41) is 8.90. The summed E-state index contributed by atoms with van der Waals surface area (Å²) in [6, 6.07) is 4.43. The van der Waals surface area contributed by atoms with Gasteiger partial charge in [0.05, 0.1) is 11.3 Å². The molecule has 0 radical (unpaired) electrons. The van der Waals surface area contributed by atoms with Crippen LogP contribution in [0, 0.1) is 6.92 Å². The molecule has 1 rings (SSSR count). The SMILES string of the molecule is Cc1ccc(S(=O)(=O)N(C)CCC(=O)O)cc1Cl. The molecule has 18 heavy (non-hydrogen) atoms. The summed E-state index contributed by atoms with van der Waals surface area (Å²) in [5.41, 5.74) is 0.781. The molecule has 5 nitrogen and oxygen atoms in total. The van der Waals surface area contributed by atoms with Crippen LogP contribution in [0.3, 0.4) is 0 Å². The van der Waals surface area contributed by atoms with Crippen molar-refractivity contribution >= 4 is 27.6 Å². The number of benzene rings is 1. The Bertz CT molecular complexity index is 556. The molecule has 100 valence electrons. The van der Waals surface area contributed by atoms with Crippen LogP contribution in [0.5, 0.6) is 0 Å². The van der Waals surface area contributed by atoms with E-state index in [2.05, 4.69) is 0 Å². The minimum absolute atomic E-state index is 0.0611. The second-order valence-corrected chi connectivity index (χ2v) is 6.33. The number of hydrogen-bond donors (Lipinski definition) is 1. The molecule has 0 bridgehead atoms. The maximum absolute atomic E-state index is 12.1. The summed E-state index contributed by atoms with van der Waals surface area (Å²) >= 11 is 5.88. The fraction of sp³-hybridized carbons (Fsp3) is 0.364. The molecule has 0 heterocycles. The van der Waals surface area contributed by atoms with Gasteiger partial charge in [0.2, 0.25) is 10.0 Å². The maximum atomic E-state index is 12.1. The van der Waals surface area contributed by atoms with E-state index in [0.717, 1.165) is 9.87 Å². The van der Waals surface area contributed by atoms with Gasteiger partial charge in [0, 0.05) is 18.6 Å². The molecule has 0 saturated heterocycles. The Morgan fingerprint density at radius 2 is 2.06 bits per heavy atom. The van der Waals surface area contributed by atoms with E-state index >= 15 is 0 Å². The number of rotatable bonds is 5. The van der Waals surface area contributed by atoms with Crippen molar-refractivity contribution in [3.8, 4) is 0 Å². The third-order valence-electron chi connectivity index (χ3n) is 2.49. The summed E-state index contributed by atoms with van der Waals surface area (Å²) in [6.45, 7) is 1.69. The average molecular weight is 292 g/mol. The Labute approximate surface area is 111 Å². The van der Waals surface area contributed by atoms with Crippen molar-refractivity contribution in [2.24, 2.45) is 0 Å². The lowest BCUT2D eigenvalue weighted by Gasteiger charge is -2.16. The van der Waals surface area contributed by atoms with Crippen molar-refractivity contribution in [2.75, 3.05) is 13.6 Å². The van der Waals surface area contributed by atoms with Crippen LogP contribution in [-0.4, -0.2) is 37.4 Å². The standard InChI is InChI=1S/C11H14ClNO4S/c1-8-3-4-9(7-10(8)12)18(16,17)13(2)6-5-11(14)15/h3-4,7H,5-6H2,1-2H3,(H,14,15). The van der Waals surface area contributed by atoms with Gasteiger partial charge in [0.15, 0.2) is 0 Å². The lowest BCUT2D eigenvalue weighted by molar-refractivity contribution is -0.137. The highest BCUT2D eigenvalue weighted by atomic mass is 35.5. The molecule has 1 aromatic rings. The fourth-order valence-corrected chi connectivity index (χ4v) is 2.73. The molecule has 0 spiro atoms. The van der Waals surface area contributed by atoms with E-state index < -0.39 is 16.0 Å². The van der Waals surface area contributed by atoms with E-state index in [0.29, 0.717) is 5.02 Å². The van der Waals surface area contributed by atoms with Gasteiger partial charge in [-0.15, -0.1) is 0 Å². The van der Waals surface area contributed by atoms with Crippen molar-refractivity contribution in [2.45, 2.75) is 18.2 Å². The number of hydrogen-bond acceptors (Lipinski definition) is 3. The molecular weight excluding hydrogens is 278 g/mol. The number of carboxylic acid groups (broad SMARTS) is 1. The van der Waals surface area contributed by atoms with Gasteiger partial charge < -0.3 is 5.11 Å². The molecular formula is C11H14ClNO4S. The highest BCUT2D eigenvalue weighted by Crippen LogP contribution is 2.22. The Hall–Kier alpha value is -1.11. The summed E-state index contributed by atoms with van der Waals surface area (Å²) in [5.74, 6) is -1.04. The molecule has 0 unspecified atom stereocenters. The number of carbonyl (C=O) groups is 1. The lowest BCUT2D eigenvalue weighted by atomic mass is 10.2. The molecule has 0 amide bonds. The highest BCUT2D eigenvalue weighted by molar-refractivity contribution is 7.89. The normalized spacial score (nSPS) is 11.8. The number of nitrogens with zero attached hydrogens (tertiary/aromatic N) is 1. The predicted molar refractivity (Wildman–Crippen MR) is 68.3 cm³/mol. The van der Waals surface area contributed by atoms with E-state index in [1.807, 2.05) is 0 Å². The Morgan fingerprint density at radius 3 is 2.56 bits per heavy atom. The number of carboxylic acids is 1. The molecule has 1 N–H and O–H groups in total. The molecule has 1 aromatic carbocycles. The van der Waals surface area contributed by atoms with Crippen molar-refractivity contribution < 1.29 is 18.3 Å². The van der Waals surface area contributed by atoms with Gasteiger partial charge in [-0.05, 0) is 24.6 Å². The zero-order valence-corrected chi connectivity index (χ0v) is 11.6. The summed E-state index contributed by atoms with van der Waals surface area (Å²) in [7, 11) is -2.35. The lowest BCUT2D eigenvalue weighted by Crippen LogP contribution is -2.29. The van der Waals surface area contributed by atoms with E-state index in [1.165, 1.54) is 19.2 Å². The molecule has 0 aliphatic heterocycles. The van der Waals surface area contributed by atoms with E-state index in [9.17, 15) is 13.2 Å². The molecule has 0 saturated carbocycles. The molecule has 0 aliphatic rings. The number of aliphatic carboxylic acids is 1. The summed E-state index contributed by atoms with van der Waals surface area (Å²) < 4.78 is 25.2. The first-order valence-electron chi connectivity index (χ1n) is 5.19. The Kier molecular flexibility index (Phi) is 4.72. The first-order valence-corrected chi connectivity index (χ1v) is 7.01. The van der Waals surface area contributed by atoms with Crippen LogP contribution in [0.25, 0.3) is 0 Å². The van der Waals surface area contributed by atoms with Gasteiger partial charge >= 0.3 is 5.97 Å². The van der Waals surface area contributed by atoms with Crippen LogP contribution in [0.2, 0.25) is 5.02 Å². The van der Waals surface area contributed by atoms with Gasteiger partial charge in [-0.1, -0.05) is 17.7 Å². The number of aryl methyl sites for hydroxylation is 1. The van der Waals surface area contributed by atoms with Crippen LogP contribution in [0.15, 0.2) is 23.1 Å². The van der Waals surface area contributed by atoms with Crippen molar-refractivity contribution in [3.05, 3.63) is 28.8 Å². The molecule has 0 atom stereocenters. The fourth-order valence-electron chi connectivity index (χ4n) is 1.29. The minimum Gasteiger partial charge on any atom is -0.481 e. The van der Waals surface area contributed by atoms with Crippen LogP contribution in [0.1, 0.15) is 12.0 Å². The second-order valence-electron chi connectivity index (χ2n) is 3.88. The molecule has 0 aromatic heterocycles. The van der Waals surface area contributed by atoms with Gasteiger partial charge in [-0.2, -0.15) is 0 Å². The van der Waals surface area contributed by atoms with Gasteiger partial charge in [0.1, 0.15) is 0 Å². The van der Waals surface area contributed by atoms with Crippen molar-refractivity contribution in [1.29, 1.82) is 0 Å². The topological polar surface area (TPSA) is 74.7 Å². The first-order chi connectivity index (χ1) is 8.25. The van der Waals surface area contributed by atoms with Crippen LogP contribution >= 0.6 is 11.6 Å². The Morgan fingerprint density at radius 1 is 1.44 bits per heavy atom. The third kappa shape index (κ3) is 3.44. The van der Waals surface area contributed by atoms with Gasteiger partial charge in [-0.3, -0.25) is 4.79 Å². The first kappa shape index (κ1) is 14.9. The zero-order valence-electron chi connectivity index (χ0n) is 10.1. The van der Waals surface area contributed by atoms with Crippen LogP contribution in [-0.2, 0) is 14.8 Å². The summed E-state index contributed by atoms with van der Waals surface area (Å²) in [4.78, 5) is 10.5. The second kappa shape index (κ2) is 5.69. The quantitative estimate of drug-likeness (QED) is 0.897. The summed E-state index contributed by atoms with van der Waals surface area (Å²) in [6.07, 6.45) is -0.241. The highest BCUT2D eigenvalue weighted by Gasteiger charge is 2.21. The molecule has 0 aliphatic carbocycles. The van der Waals surface area contributed by atoms with Crippen LogP contribution < -0.4 is 0 Å². The number of sulfonamides is 1. The van der Waals surface area contributed by atoms with Crippen molar-refractivity contribution in [1.82, 2.24) is 4.31 Å². The maximum Gasteiger partial charge on any atom is 0.304 e. The monoisotopic (exact) mass is 291 g/mol. The number of halogens is 1. The third-order valence-corrected chi connectivity index (χ3v) is 4.75. The van der Waals surface area contributed by atoms with E-state index in [-0.39, 0.29) is 17.9 Å². The minimum atomic E-state index is -3.69. The van der Waals surface area contributed by atoms with Gasteiger partial charge in [-0.25, -0.2) is 12.7 Å². The largest absolute Gasteiger partial charge is 0.481 e. The van der Waals surface area contributed by atoms with Crippen LogP contribution in [0.4, 0.5) is 0 Å². The molecule has 7 heteroatoms. The average Bonchev–Trinajstić information content (AvgIpc) is 2.29. The Balaban J connectivity index is 2.98. The van der Waals surface area contributed by atoms with Crippen molar-refractivity contribution in [3.63, 3.8) is 0 Å². The van der Waals surface area contributed by atoms with Gasteiger partial charge in [0.25, 0.3) is 0 Å². The predicted octanol–water partition coefficient (Wildman–Crippen LogP) is 1.74. The zero-order chi connectivity index (χ0) is 13.9. The molecule has 0 fully saturated rings.